The van der Waals surface area contributed by atoms with Gasteiger partial charge in [0, 0.05) is 12.8 Å². The summed E-state index contributed by atoms with van der Waals surface area (Å²) in [5.41, 5.74) is 0. The van der Waals surface area contributed by atoms with Gasteiger partial charge >= 0.3 is 11.9 Å². The molecular formula is C55H96O5. The van der Waals surface area contributed by atoms with Crippen molar-refractivity contribution in [1.82, 2.24) is 0 Å². The summed E-state index contributed by atoms with van der Waals surface area (Å²) in [4.78, 5) is 25.4. The van der Waals surface area contributed by atoms with Crippen LogP contribution in [0.5, 0.6) is 0 Å². The fraction of sp³-hybridized carbons (Fsp3) is 0.745. The molecule has 0 aromatic heterocycles. The predicted molar refractivity (Wildman–Crippen MR) is 260 cm³/mol. The Balaban J connectivity index is 4.37. The Morgan fingerprint density at radius 1 is 0.383 bits per heavy atom. The molecule has 5 nitrogen and oxygen atoms in total. The van der Waals surface area contributed by atoms with E-state index < -0.39 is 6.10 Å². The summed E-state index contributed by atoms with van der Waals surface area (Å²) in [5, 5.41) is 0. The quantitative estimate of drug-likeness (QED) is 0.0347. The Labute approximate surface area is 372 Å². The molecule has 0 heterocycles. The fourth-order valence-corrected chi connectivity index (χ4v) is 6.98. The molecule has 0 saturated heterocycles. The van der Waals surface area contributed by atoms with Crippen LogP contribution in [0.15, 0.2) is 72.9 Å². The van der Waals surface area contributed by atoms with Crippen LogP contribution in [0.2, 0.25) is 0 Å². The topological polar surface area (TPSA) is 61.8 Å². The SMILES string of the molecule is CC/C=C\C/C=C\C/C=C\C/C=C\C/C=C\CCOCC(COC(=O)CCCCCCCCCCCCCCCCC)OC(=O)CCCCCCC/C=C\CCCCCC. The number of hydrogen-bond donors (Lipinski definition) is 0. The number of unbranched alkanes of at least 4 members (excludes halogenated alkanes) is 23. The molecule has 0 aliphatic carbocycles. The smallest absolute Gasteiger partial charge is 0.306 e. The average molecular weight is 837 g/mol. The van der Waals surface area contributed by atoms with E-state index in [-0.39, 0.29) is 25.2 Å². The van der Waals surface area contributed by atoms with E-state index in [0.29, 0.717) is 19.4 Å². The summed E-state index contributed by atoms with van der Waals surface area (Å²) in [6.45, 7) is 7.50. The standard InChI is InChI=1S/C55H96O5/c1-4-7-10-13-16-19-22-25-27-29-32-35-38-41-44-47-50-58-51-53(60-55(57)49-46-43-40-37-34-30-24-21-18-15-12-9-6-3)52-59-54(56)48-45-42-39-36-33-31-28-26-23-20-17-14-11-8-5-2/h7,10,16,19,21,24-25,27,32,35,41,44,53H,4-6,8-9,11-15,17-18,20,22-23,26,28-31,33-34,36-40,42-43,45-52H2,1-3H3/b10-7-,19-16-,24-21-,27-25-,35-32-,44-41-. The zero-order valence-electron chi connectivity index (χ0n) is 39.7. The monoisotopic (exact) mass is 837 g/mol. The summed E-state index contributed by atoms with van der Waals surface area (Å²) < 4.78 is 17.3. The number of esters is 2. The minimum atomic E-state index is -0.579. The highest BCUT2D eigenvalue weighted by Crippen LogP contribution is 2.15. The molecule has 1 unspecified atom stereocenters. The molecule has 0 N–H and O–H groups in total. The van der Waals surface area contributed by atoms with Crippen LogP contribution < -0.4 is 0 Å². The normalized spacial score (nSPS) is 12.8. The minimum absolute atomic E-state index is 0.0527. The molecule has 346 valence electrons. The summed E-state index contributed by atoms with van der Waals surface area (Å²) in [6, 6.07) is 0. The van der Waals surface area contributed by atoms with Gasteiger partial charge < -0.3 is 14.2 Å². The van der Waals surface area contributed by atoms with E-state index in [1.165, 1.54) is 128 Å². The maximum Gasteiger partial charge on any atom is 0.306 e. The lowest BCUT2D eigenvalue weighted by atomic mass is 10.0. The largest absolute Gasteiger partial charge is 0.462 e. The van der Waals surface area contributed by atoms with Gasteiger partial charge in [-0.3, -0.25) is 9.59 Å². The van der Waals surface area contributed by atoms with Gasteiger partial charge in [0.1, 0.15) is 6.61 Å². The molecule has 0 spiro atoms. The van der Waals surface area contributed by atoms with Crippen LogP contribution in [0.3, 0.4) is 0 Å². The molecule has 60 heavy (non-hydrogen) atoms. The number of rotatable bonds is 46. The molecule has 0 aromatic carbocycles. The maximum atomic E-state index is 12.8. The Bertz CT molecular complexity index is 1080. The second-order valence-corrected chi connectivity index (χ2v) is 16.7. The summed E-state index contributed by atoms with van der Waals surface area (Å²) in [5.74, 6) is -0.443. The highest BCUT2D eigenvalue weighted by molar-refractivity contribution is 5.70. The number of carbonyl (C=O) groups is 2. The van der Waals surface area contributed by atoms with Gasteiger partial charge in [-0.1, -0.05) is 222 Å². The van der Waals surface area contributed by atoms with Crippen LogP contribution >= 0.6 is 0 Å². The first-order valence-electron chi connectivity index (χ1n) is 25.5. The van der Waals surface area contributed by atoms with Gasteiger partial charge in [0.15, 0.2) is 6.10 Å². The molecule has 0 aliphatic rings. The van der Waals surface area contributed by atoms with Gasteiger partial charge in [-0.15, -0.1) is 0 Å². The molecule has 0 saturated carbocycles. The summed E-state index contributed by atoms with van der Waals surface area (Å²) in [7, 11) is 0. The lowest BCUT2D eigenvalue weighted by Gasteiger charge is -2.18. The maximum absolute atomic E-state index is 12.8. The molecule has 5 heteroatoms. The first kappa shape index (κ1) is 57.3. The third-order valence-corrected chi connectivity index (χ3v) is 10.7. The van der Waals surface area contributed by atoms with Crippen molar-refractivity contribution in [2.45, 2.75) is 245 Å². The van der Waals surface area contributed by atoms with Crippen LogP contribution in [0.25, 0.3) is 0 Å². The van der Waals surface area contributed by atoms with Crippen molar-refractivity contribution in [1.29, 1.82) is 0 Å². The van der Waals surface area contributed by atoms with E-state index in [4.69, 9.17) is 14.2 Å². The van der Waals surface area contributed by atoms with Gasteiger partial charge in [-0.25, -0.2) is 0 Å². The first-order chi connectivity index (χ1) is 29.6. The number of ether oxygens (including phenoxy) is 3. The van der Waals surface area contributed by atoms with E-state index in [9.17, 15) is 9.59 Å². The van der Waals surface area contributed by atoms with Crippen LogP contribution in [0.4, 0.5) is 0 Å². The van der Waals surface area contributed by atoms with Gasteiger partial charge in [0.25, 0.3) is 0 Å². The van der Waals surface area contributed by atoms with Crippen molar-refractivity contribution in [3.63, 3.8) is 0 Å². The number of allylic oxidation sites excluding steroid dienone is 11. The van der Waals surface area contributed by atoms with Crippen LogP contribution in [0.1, 0.15) is 239 Å². The van der Waals surface area contributed by atoms with E-state index in [1.807, 2.05) is 0 Å². The summed E-state index contributed by atoms with van der Waals surface area (Å²) >= 11 is 0. The van der Waals surface area contributed by atoms with E-state index in [2.05, 4.69) is 93.7 Å². The predicted octanol–water partition coefficient (Wildman–Crippen LogP) is 17.1. The van der Waals surface area contributed by atoms with Crippen molar-refractivity contribution in [2.75, 3.05) is 19.8 Å². The van der Waals surface area contributed by atoms with Crippen LogP contribution in [-0.2, 0) is 23.8 Å². The van der Waals surface area contributed by atoms with Crippen molar-refractivity contribution < 1.29 is 23.8 Å². The van der Waals surface area contributed by atoms with Crippen molar-refractivity contribution in [2.24, 2.45) is 0 Å². The lowest BCUT2D eigenvalue weighted by molar-refractivity contribution is -0.162. The number of hydrogen-bond acceptors (Lipinski definition) is 5. The Morgan fingerprint density at radius 3 is 1.22 bits per heavy atom. The highest BCUT2D eigenvalue weighted by Gasteiger charge is 2.17. The third kappa shape index (κ3) is 48.0. The van der Waals surface area contributed by atoms with E-state index in [1.54, 1.807) is 0 Å². The molecule has 0 radical (unpaired) electrons. The molecule has 0 aliphatic heterocycles. The molecule has 0 fully saturated rings. The second-order valence-electron chi connectivity index (χ2n) is 16.7. The first-order valence-corrected chi connectivity index (χ1v) is 25.5. The highest BCUT2D eigenvalue weighted by atomic mass is 16.6. The fourth-order valence-electron chi connectivity index (χ4n) is 6.98. The second kappa shape index (κ2) is 50.7. The molecule has 0 amide bonds. The molecule has 0 bridgehead atoms. The minimum Gasteiger partial charge on any atom is -0.462 e. The zero-order chi connectivity index (χ0) is 43.5. The Hall–Kier alpha value is -2.66. The van der Waals surface area contributed by atoms with Crippen molar-refractivity contribution in [3.8, 4) is 0 Å². The zero-order valence-corrected chi connectivity index (χ0v) is 39.7. The van der Waals surface area contributed by atoms with Gasteiger partial charge in [-0.2, -0.15) is 0 Å². The molecule has 0 aromatic rings. The van der Waals surface area contributed by atoms with Crippen molar-refractivity contribution in [3.05, 3.63) is 72.9 Å². The molecular weight excluding hydrogens is 741 g/mol. The van der Waals surface area contributed by atoms with E-state index >= 15 is 0 Å². The van der Waals surface area contributed by atoms with E-state index in [0.717, 1.165) is 77.0 Å². The van der Waals surface area contributed by atoms with Crippen LogP contribution in [-0.4, -0.2) is 37.9 Å². The number of carbonyl (C=O) groups excluding carboxylic acids is 2. The summed E-state index contributed by atoms with van der Waals surface area (Å²) in [6.07, 6.45) is 65.0. The third-order valence-electron chi connectivity index (χ3n) is 10.7. The lowest BCUT2D eigenvalue weighted by Crippen LogP contribution is -2.30. The van der Waals surface area contributed by atoms with Gasteiger partial charge in [0.2, 0.25) is 0 Å². The Kier molecular flexibility index (Phi) is 48.4. The Morgan fingerprint density at radius 2 is 0.750 bits per heavy atom. The molecule has 0 rings (SSSR count). The molecule has 1 atom stereocenters. The van der Waals surface area contributed by atoms with Gasteiger partial charge in [-0.05, 0) is 77.0 Å². The van der Waals surface area contributed by atoms with Crippen LogP contribution in [0, 0.1) is 0 Å². The average Bonchev–Trinajstić information content (AvgIpc) is 3.25. The van der Waals surface area contributed by atoms with Gasteiger partial charge in [0.05, 0.1) is 13.2 Å². The van der Waals surface area contributed by atoms with Crippen molar-refractivity contribution >= 4 is 11.9 Å².